The van der Waals surface area contributed by atoms with Crippen LogP contribution in [0.2, 0.25) is 0 Å². The SMILES string of the molecule is COCC(=O)N1CCCCC1c1nc(C)c2c(n1)N(Cc1ccc(F)cc1)CCC2. The van der Waals surface area contributed by atoms with Crippen LogP contribution in [0.25, 0.3) is 0 Å². The van der Waals surface area contributed by atoms with E-state index in [0.29, 0.717) is 13.1 Å². The number of piperidine rings is 1. The number of fused-ring (bicyclic) bond motifs is 1. The number of hydrogen-bond donors (Lipinski definition) is 0. The molecule has 0 spiro atoms. The van der Waals surface area contributed by atoms with Crippen LogP contribution in [-0.4, -0.2) is 47.6 Å². The molecule has 4 rings (SSSR count). The van der Waals surface area contributed by atoms with Crippen LogP contribution in [0.15, 0.2) is 24.3 Å². The fraction of sp³-hybridized carbons (Fsp3) is 0.522. The van der Waals surface area contributed by atoms with E-state index < -0.39 is 0 Å². The molecule has 160 valence electrons. The zero-order valence-corrected chi connectivity index (χ0v) is 17.7. The third kappa shape index (κ3) is 4.31. The van der Waals surface area contributed by atoms with Crippen LogP contribution in [0.3, 0.4) is 0 Å². The summed E-state index contributed by atoms with van der Waals surface area (Å²) in [6.07, 6.45) is 4.91. The van der Waals surface area contributed by atoms with Crippen molar-refractivity contribution in [2.24, 2.45) is 0 Å². The highest BCUT2D eigenvalue weighted by molar-refractivity contribution is 5.78. The van der Waals surface area contributed by atoms with Gasteiger partial charge < -0.3 is 14.5 Å². The molecule has 1 fully saturated rings. The number of hydrogen-bond acceptors (Lipinski definition) is 5. The molecule has 1 amide bonds. The fourth-order valence-corrected chi connectivity index (χ4v) is 4.53. The van der Waals surface area contributed by atoms with Crippen molar-refractivity contribution in [2.45, 2.75) is 51.6 Å². The largest absolute Gasteiger partial charge is 0.375 e. The second kappa shape index (κ2) is 9.08. The molecule has 1 atom stereocenters. The summed E-state index contributed by atoms with van der Waals surface area (Å²) in [5.41, 5.74) is 3.22. The van der Waals surface area contributed by atoms with Gasteiger partial charge in [-0.15, -0.1) is 0 Å². The molecule has 0 bridgehead atoms. The number of aromatic nitrogens is 2. The van der Waals surface area contributed by atoms with E-state index in [1.54, 1.807) is 7.11 Å². The molecule has 30 heavy (non-hydrogen) atoms. The predicted molar refractivity (Wildman–Crippen MR) is 113 cm³/mol. The number of halogens is 1. The average Bonchev–Trinajstić information content (AvgIpc) is 2.76. The Morgan fingerprint density at radius 2 is 1.97 bits per heavy atom. The lowest BCUT2D eigenvalue weighted by Gasteiger charge is -2.36. The van der Waals surface area contributed by atoms with Crippen molar-refractivity contribution >= 4 is 11.7 Å². The van der Waals surface area contributed by atoms with Gasteiger partial charge in [0.2, 0.25) is 5.91 Å². The van der Waals surface area contributed by atoms with Crippen LogP contribution in [0.1, 0.15) is 54.4 Å². The van der Waals surface area contributed by atoms with E-state index in [2.05, 4.69) is 4.90 Å². The Bertz CT molecular complexity index is 903. The highest BCUT2D eigenvalue weighted by Gasteiger charge is 2.32. The van der Waals surface area contributed by atoms with Gasteiger partial charge in [0.25, 0.3) is 0 Å². The van der Waals surface area contributed by atoms with Gasteiger partial charge in [-0.1, -0.05) is 12.1 Å². The molecule has 0 N–H and O–H groups in total. The lowest BCUT2D eigenvalue weighted by atomic mass is 9.99. The monoisotopic (exact) mass is 412 g/mol. The number of methoxy groups -OCH3 is 1. The Morgan fingerprint density at radius 3 is 2.73 bits per heavy atom. The van der Waals surface area contributed by atoms with Gasteiger partial charge >= 0.3 is 0 Å². The number of rotatable bonds is 5. The molecule has 2 aromatic rings. The lowest BCUT2D eigenvalue weighted by molar-refractivity contribution is -0.139. The zero-order valence-electron chi connectivity index (χ0n) is 17.7. The third-order valence-electron chi connectivity index (χ3n) is 6.04. The predicted octanol–water partition coefficient (Wildman–Crippen LogP) is 3.58. The zero-order chi connectivity index (χ0) is 21.1. The maximum Gasteiger partial charge on any atom is 0.249 e. The van der Waals surface area contributed by atoms with Gasteiger partial charge in [0.1, 0.15) is 18.2 Å². The van der Waals surface area contributed by atoms with Crippen molar-refractivity contribution in [2.75, 3.05) is 31.7 Å². The molecule has 7 heteroatoms. The van der Waals surface area contributed by atoms with Crippen molar-refractivity contribution < 1.29 is 13.9 Å². The lowest BCUT2D eigenvalue weighted by Crippen LogP contribution is -2.41. The number of likely N-dealkylation sites (tertiary alicyclic amines) is 1. The number of anilines is 1. The summed E-state index contributed by atoms with van der Waals surface area (Å²) in [7, 11) is 1.55. The average molecular weight is 413 g/mol. The molecule has 1 saturated heterocycles. The van der Waals surface area contributed by atoms with E-state index in [1.165, 1.54) is 17.7 Å². The number of nitrogens with zero attached hydrogens (tertiary/aromatic N) is 4. The Labute approximate surface area is 177 Å². The summed E-state index contributed by atoms with van der Waals surface area (Å²) in [4.78, 5) is 26.6. The van der Waals surface area contributed by atoms with Gasteiger partial charge in [-0.05, 0) is 56.7 Å². The smallest absolute Gasteiger partial charge is 0.249 e. The number of aryl methyl sites for hydroxylation is 1. The topological polar surface area (TPSA) is 58.6 Å². The van der Waals surface area contributed by atoms with E-state index in [-0.39, 0.29) is 24.4 Å². The summed E-state index contributed by atoms with van der Waals surface area (Å²) in [6.45, 7) is 4.41. The summed E-state index contributed by atoms with van der Waals surface area (Å²) in [5.74, 6) is 1.44. The minimum Gasteiger partial charge on any atom is -0.375 e. The molecule has 3 heterocycles. The van der Waals surface area contributed by atoms with Gasteiger partial charge in [-0.3, -0.25) is 4.79 Å². The molecule has 1 aromatic heterocycles. The van der Waals surface area contributed by atoms with Crippen LogP contribution in [-0.2, 0) is 22.5 Å². The van der Waals surface area contributed by atoms with E-state index in [4.69, 9.17) is 14.7 Å². The van der Waals surface area contributed by atoms with Crippen molar-refractivity contribution in [3.05, 3.63) is 52.7 Å². The van der Waals surface area contributed by atoms with Crippen molar-refractivity contribution in [3.63, 3.8) is 0 Å². The van der Waals surface area contributed by atoms with Crippen LogP contribution in [0.5, 0.6) is 0 Å². The second-order valence-corrected chi connectivity index (χ2v) is 8.15. The van der Waals surface area contributed by atoms with E-state index in [9.17, 15) is 9.18 Å². The molecule has 0 saturated carbocycles. The number of carbonyl (C=O) groups is 1. The minimum atomic E-state index is -0.226. The standard InChI is InChI=1S/C23H29FN4O2/c1-16-19-6-5-12-27(14-17-8-10-18(24)11-9-17)23(19)26-22(25-16)20-7-3-4-13-28(20)21(29)15-30-2/h8-11,20H,3-7,12-15H2,1-2H3. The first-order valence-corrected chi connectivity index (χ1v) is 10.7. The second-order valence-electron chi connectivity index (χ2n) is 8.15. The Balaban J connectivity index is 1.65. The molecule has 1 unspecified atom stereocenters. The molecule has 1 aromatic carbocycles. The molecular formula is C23H29FN4O2. The van der Waals surface area contributed by atoms with Crippen LogP contribution >= 0.6 is 0 Å². The summed E-state index contributed by atoms with van der Waals surface area (Å²) in [5, 5.41) is 0. The first-order valence-electron chi connectivity index (χ1n) is 10.7. The number of amides is 1. The molecule has 0 radical (unpaired) electrons. The van der Waals surface area contributed by atoms with Crippen LogP contribution < -0.4 is 4.90 Å². The normalized spacial score (nSPS) is 19.0. The highest BCUT2D eigenvalue weighted by Crippen LogP contribution is 2.34. The van der Waals surface area contributed by atoms with E-state index in [0.717, 1.165) is 61.5 Å². The van der Waals surface area contributed by atoms with Crippen LogP contribution in [0.4, 0.5) is 10.2 Å². The van der Waals surface area contributed by atoms with Crippen LogP contribution in [0, 0.1) is 12.7 Å². The van der Waals surface area contributed by atoms with Gasteiger partial charge in [-0.2, -0.15) is 0 Å². The van der Waals surface area contributed by atoms with Crippen molar-refractivity contribution in [1.82, 2.24) is 14.9 Å². The number of benzene rings is 1. The molecule has 6 nitrogen and oxygen atoms in total. The Kier molecular flexibility index (Phi) is 6.27. The first kappa shape index (κ1) is 20.7. The molecule has 2 aliphatic rings. The number of ether oxygens (including phenoxy) is 1. The maximum atomic E-state index is 13.3. The summed E-state index contributed by atoms with van der Waals surface area (Å²) < 4.78 is 18.4. The van der Waals surface area contributed by atoms with Gasteiger partial charge in [-0.25, -0.2) is 14.4 Å². The first-order chi connectivity index (χ1) is 14.6. The van der Waals surface area contributed by atoms with Gasteiger partial charge in [0.05, 0.1) is 6.04 Å². The van der Waals surface area contributed by atoms with Gasteiger partial charge in [0.15, 0.2) is 5.82 Å². The Hall–Kier alpha value is -2.54. The summed E-state index contributed by atoms with van der Waals surface area (Å²) in [6, 6.07) is 6.53. The van der Waals surface area contributed by atoms with Crippen molar-refractivity contribution in [1.29, 1.82) is 0 Å². The minimum absolute atomic E-state index is 0.00987. The fourth-order valence-electron chi connectivity index (χ4n) is 4.53. The van der Waals surface area contributed by atoms with Crippen molar-refractivity contribution in [3.8, 4) is 0 Å². The molecule has 2 aliphatic heterocycles. The molecular weight excluding hydrogens is 383 g/mol. The highest BCUT2D eigenvalue weighted by atomic mass is 19.1. The summed E-state index contributed by atoms with van der Waals surface area (Å²) >= 11 is 0. The van der Waals surface area contributed by atoms with E-state index >= 15 is 0 Å². The van der Waals surface area contributed by atoms with Gasteiger partial charge in [0, 0.05) is 38.0 Å². The third-order valence-corrected chi connectivity index (χ3v) is 6.04. The Morgan fingerprint density at radius 1 is 1.17 bits per heavy atom. The number of carbonyl (C=O) groups excluding carboxylic acids is 1. The maximum absolute atomic E-state index is 13.3. The van der Waals surface area contributed by atoms with E-state index in [1.807, 2.05) is 24.0 Å². The molecule has 0 aliphatic carbocycles. The quantitative estimate of drug-likeness (QED) is 0.751.